The molecule has 0 spiro atoms. The maximum absolute atomic E-state index is 4.70. The van der Waals surface area contributed by atoms with E-state index in [2.05, 4.69) is 172 Å². The topological polar surface area (TPSA) is 35.6 Å². The summed E-state index contributed by atoms with van der Waals surface area (Å²) in [6.07, 6.45) is 14.4. The zero-order valence-electron chi connectivity index (χ0n) is 30.5. The number of aromatic nitrogens is 4. The third-order valence-electron chi connectivity index (χ3n) is 11.3. The second-order valence-corrected chi connectivity index (χ2v) is 14.5. The standard InChI is InChI=1S/C52H34N4/c1-3-9-35(10-4-1)39-19-25-50-46(30-39)47-31-40(36-11-5-2-6-12-36)20-26-51(47)56(50)44-23-17-38(18-24-44)42-29-41(32-54-33-42)37-15-21-43(22-16-37)55-49-14-8-7-13-45(49)48-34-53-28-27-52(48)55/h1,3-5,8-12,14-34H,7,13H2. The van der Waals surface area contributed by atoms with Gasteiger partial charge in [0.25, 0.3) is 0 Å². The van der Waals surface area contributed by atoms with Gasteiger partial charge in [0.15, 0.2) is 0 Å². The van der Waals surface area contributed by atoms with E-state index in [1.54, 1.807) is 0 Å². The minimum Gasteiger partial charge on any atom is -0.309 e. The van der Waals surface area contributed by atoms with Crippen molar-refractivity contribution < 1.29 is 0 Å². The number of rotatable bonds is 6. The van der Waals surface area contributed by atoms with Crippen molar-refractivity contribution in [2.75, 3.05) is 0 Å². The van der Waals surface area contributed by atoms with Gasteiger partial charge in [-0.05, 0) is 137 Å². The van der Waals surface area contributed by atoms with Crippen LogP contribution in [0.2, 0.25) is 0 Å². The van der Waals surface area contributed by atoms with E-state index < -0.39 is 0 Å². The molecule has 0 radical (unpaired) electrons. The molecule has 1 aliphatic rings. The number of hydrogen-bond donors (Lipinski definition) is 0. The number of hydrogen-bond acceptors (Lipinski definition) is 2. The molecule has 0 fully saturated rings. The highest BCUT2D eigenvalue weighted by atomic mass is 15.0. The summed E-state index contributed by atoms with van der Waals surface area (Å²) < 4.78 is 4.74. The van der Waals surface area contributed by atoms with Gasteiger partial charge in [0, 0.05) is 69.1 Å². The summed E-state index contributed by atoms with van der Waals surface area (Å²) in [6.45, 7) is 0. The maximum atomic E-state index is 4.70. The normalized spacial score (nSPS) is 12.3. The van der Waals surface area contributed by atoms with Gasteiger partial charge in [-0.1, -0.05) is 84.9 Å². The van der Waals surface area contributed by atoms with Gasteiger partial charge in [0.2, 0.25) is 0 Å². The number of fused-ring (bicyclic) bond motifs is 6. The molecule has 0 unspecified atom stereocenters. The molecule has 0 saturated heterocycles. The second-order valence-electron chi connectivity index (χ2n) is 14.5. The van der Waals surface area contributed by atoms with E-state index in [4.69, 9.17) is 4.98 Å². The van der Waals surface area contributed by atoms with E-state index in [0.29, 0.717) is 0 Å². The number of pyridine rings is 2. The van der Waals surface area contributed by atoms with Crippen LogP contribution in [0.5, 0.6) is 0 Å². The van der Waals surface area contributed by atoms with E-state index in [1.165, 1.54) is 55.1 Å². The average Bonchev–Trinajstić information content (AvgIpc) is 3.79. The molecule has 10 aromatic rings. The Bertz CT molecular complexity index is 3000. The van der Waals surface area contributed by atoms with Gasteiger partial charge in [-0.15, -0.1) is 0 Å². The Labute approximate surface area is 325 Å². The van der Waals surface area contributed by atoms with Crippen molar-refractivity contribution in [1.29, 1.82) is 0 Å². The van der Waals surface area contributed by atoms with Crippen molar-refractivity contribution in [2.45, 2.75) is 12.8 Å². The minimum atomic E-state index is 1.04. The molecule has 0 amide bonds. The van der Waals surface area contributed by atoms with Crippen molar-refractivity contribution in [3.05, 3.63) is 200 Å². The van der Waals surface area contributed by atoms with E-state index in [1.807, 2.05) is 36.9 Å². The molecule has 0 N–H and O–H groups in total. The summed E-state index contributed by atoms with van der Waals surface area (Å²) in [5.74, 6) is 0. The highest BCUT2D eigenvalue weighted by Gasteiger charge is 2.19. The SMILES string of the molecule is c1ccc(-c2ccc3c(c2)c2cc(-c4ccccc4)ccc2n3-c2ccc(-c3cncc(-c4ccc(-n5c6c(c7cnccc75)CCC=C6)cc4)c3)cc2)cc#1. The van der Waals surface area contributed by atoms with E-state index in [-0.39, 0.29) is 0 Å². The molecule has 262 valence electrons. The fourth-order valence-corrected chi connectivity index (χ4v) is 8.54. The summed E-state index contributed by atoms with van der Waals surface area (Å²) in [6, 6.07) is 58.4. The molecule has 56 heavy (non-hydrogen) atoms. The quantitative estimate of drug-likeness (QED) is 0.172. The summed E-state index contributed by atoms with van der Waals surface area (Å²) >= 11 is 0. The van der Waals surface area contributed by atoms with Crippen molar-refractivity contribution >= 4 is 38.8 Å². The zero-order chi connectivity index (χ0) is 37.0. The van der Waals surface area contributed by atoms with Crippen molar-refractivity contribution in [2.24, 2.45) is 0 Å². The summed E-state index contributed by atoms with van der Waals surface area (Å²) in [7, 11) is 0. The van der Waals surface area contributed by atoms with Crippen LogP contribution in [0, 0.1) is 12.1 Å². The van der Waals surface area contributed by atoms with Crippen LogP contribution in [-0.2, 0) is 6.42 Å². The number of aryl methyl sites for hydroxylation is 1. The van der Waals surface area contributed by atoms with Gasteiger partial charge < -0.3 is 9.13 Å². The largest absolute Gasteiger partial charge is 0.309 e. The third-order valence-corrected chi connectivity index (χ3v) is 11.3. The average molecular weight is 715 g/mol. The fourth-order valence-electron chi connectivity index (χ4n) is 8.54. The molecule has 0 atom stereocenters. The molecule has 11 rings (SSSR count). The van der Waals surface area contributed by atoms with Gasteiger partial charge in [0.1, 0.15) is 0 Å². The number of benzene rings is 5. The molecule has 6 aromatic carbocycles. The minimum absolute atomic E-state index is 1.04. The van der Waals surface area contributed by atoms with E-state index in [0.717, 1.165) is 57.6 Å². The lowest BCUT2D eigenvalue weighted by Crippen LogP contribution is -2.00. The zero-order valence-corrected chi connectivity index (χ0v) is 30.5. The fraction of sp³-hybridized carbons (Fsp3) is 0.0385. The van der Waals surface area contributed by atoms with Crippen LogP contribution in [0.1, 0.15) is 17.7 Å². The van der Waals surface area contributed by atoms with Crippen LogP contribution in [0.4, 0.5) is 0 Å². The molecule has 0 bridgehead atoms. The summed E-state index contributed by atoms with van der Waals surface area (Å²) in [5.41, 5.74) is 17.6. The van der Waals surface area contributed by atoms with Gasteiger partial charge in [-0.2, -0.15) is 0 Å². The summed E-state index contributed by atoms with van der Waals surface area (Å²) in [4.78, 5) is 9.13. The maximum Gasteiger partial charge on any atom is 0.0568 e. The monoisotopic (exact) mass is 714 g/mol. The molecule has 4 heteroatoms. The van der Waals surface area contributed by atoms with E-state index >= 15 is 0 Å². The molecule has 0 saturated carbocycles. The Morgan fingerprint density at radius 1 is 0.464 bits per heavy atom. The Morgan fingerprint density at radius 2 is 1.09 bits per heavy atom. The van der Waals surface area contributed by atoms with E-state index in [9.17, 15) is 0 Å². The highest BCUT2D eigenvalue weighted by Crippen LogP contribution is 2.38. The smallest absolute Gasteiger partial charge is 0.0568 e. The van der Waals surface area contributed by atoms with Crippen molar-refractivity contribution in [1.82, 2.24) is 19.1 Å². The molecule has 0 aliphatic heterocycles. The predicted octanol–water partition coefficient (Wildman–Crippen LogP) is 12.7. The highest BCUT2D eigenvalue weighted by molar-refractivity contribution is 6.11. The van der Waals surface area contributed by atoms with Gasteiger partial charge >= 0.3 is 0 Å². The molecule has 1 aliphatic carbocycles. The molecule has 4 heterocycles. The van der Waals surface area contributed by atoms with Crippen LogP contribution in [0.25, 0.3) is 94.7 Å². The number of nitrogens with zero attached hydrogens (tertiary/aromatic N) is 4. The second kappa shape index (κ2) is 13.1. The van der Waals surface area contributed by atoms with Gasteiger partial charge in [0.05, 0.1) is 16.6 Å². The Balaban J connectivity index is 0.947. The van der Waals surface area contributed by atoms with Gasteiger partial charge in [-0.3, -0.25) is 9.97 Å². The first kappa shape index (κ1) is 32.0. The Kier molecular flexibility index (Phi) is 7.50. The van der Waals surface area contributed by atoms with Crippen LogP contribution in [-0.4, -0.2) is 19.1 Å². The van der Waals surface area contributed by atoms with Crippen LogP contribution >= 0.6 is 0 Å². The van der Waals surface area contributed by atoms with Gasteiger partial charge in [-0.25, -0.2) is 0 Å². The molecule has 4 aromatic heterocycles. The van der Waals surface area contributed by atoms with Crippen LogP contribution in [0.3, 0.4) is 0 Å². The third kappa shape index (κ3) is 5.33. The first-order valence-corrected chi connectivity index (χ1v) is 19.1. The molecular weight excluding hydrogens is 681 g/mol. The van der Waals surface area contributed by atoms with Crippen LogP contribution in [0.15, 0.2) is 176 Å². The molecule has 4 nitrogen and oxygen atoms in total. The lowest BCUT2D eigenvalue weighted by atomic mass is 10.0. The predicted molar refractivity (Wildman–Crippen MR) is 230 cm³/mol. The van der Waals surface area contributed by atoms with Crippen LogP contribution < -0.4 is 0 Å². The first-order chi connectivity index (χ1) is 27.8. The Morgan fingerprint density at radius 3 is 1.77 bits per heavy atom. The molecular formula is C52H34N4. The van der Waals surface area contributed by atoms with Crippen molar-refractivity contribution in [3.8, 4) is 55.9 Å². The van der Waals surface area contributed by atoms with Crippen molar-refractivity contribution in [3.63, 3.8) is 0 Å². The number of allylic oxidation sites excluding steroid dienone is 1. The first-order valence-electron chi connectivity index (χ1n) is 19.1. The summed E-state index contributed by atoms with van der Waals surface area (Å²) in [5, 5.41) is 3.68. The lowest BCUT2D eigenvalue weighted by Gasteiger charge is -2.13. The lowest BCUT2D eigenvalue weighted by molar-refractivity contribution is 0.967. The Hall–Kier alpha value is -7.48.